The summed E-state index contributed by atoms with van der Waals surface area (Å²) in [5.41, 5.74) is 8.10. The van der Waals surface area contributed by atoms with Gasteiger partial charge in [-0.1, -0.05) is 35.9 Å². The number of carbonyl (C=O) groups excluding carboxylic acids is 2. The molecule has 3 aromatic rings. The summed E-state index contributed by atoms with van der Waals surface area (Å²) in [6.07, 6.45) is 0. The number of H-pyrrole nitrogens is 1. The maximum absolute atomic E-state index is 12.5. The molecule has 3 rings (SSSR count). The Hall–Kier alpha value is -3.46. The SMILES string of the molecule is Cc1ccc(-c2n[nH]c(=S)n2CC(=O)Nc2cccc(NC(N)=O)c2)cc1. The Morgan fingerprint density at radius 3 is 2.48 bits per heavy atom. The number of primary amides is 1. The zero-order chi connectivity index (χ0) is 19.4. The smallest absolute Gasteiger partial charge is 0.316 e. The van der Waals surface area contributed by atoms with Gasteiger partial charge in [0.05, 0.1) is 0 Å². The Morgan fingerprint density at radius 1 is 1.15 bits per heavy atom. The van der Waals surface area contributed by atoms with Gasteiger partial charge in [0.2, 0.25) is 5.91 Å². The van der Waals surface area contributed by atoms with Crippen LogP contribution in [0.3, 0.4) is 0 Å². The van der Waals surface area contributed by atoms with Gasteiger partial charge in [-0.25, -0.2) is 4.79 Å². The fourth-order valence-electron chi connectivity index (χ4n) is 2.55. The van der Waals surface area contributed by atoms with Crippen molar-refractivity contribution in [1.82, 2.24) is 14.8 Å². The van der Waals surface area contributed by atoms with Crippen molar-refractivity contribution in [3.8, 4) is 11.4 Å². The third-order valence-electron chi connectivity index (χ3n) is 3.78. The Labute approximate surface area is 160 Å². The van der Waals surface area contributed by atoms with Gasteiger partial charge in [-0.05, 0) is 37.3 Å². The molecule has 8 nitrogen and oxygen atoms in total. The molecule has 9 heteroatoms. The summed E-state index contributed by atoms with van der Waals surface area (Å²) < 4.78 is 1.98. The van der Waals surface area contributed by atoms with Gasteiger partial charge in [0.25, 0.3) is 0 Å². The largest absolute Gasteiger partial charge is 0.351 e. The van der Waals surface area contributed by atoms with Crippen molar-refractivity contribution in [2.45, 2.75) is 13.5 Å². The van der Waals surface area contributed by atoms with Gasteiger partial charge in [-0.15, -0.1) is 0 Å². The van der Waals surface area contributed by atoms with Gasteiger partial charge in [0, 0.05) is 16.9 Å². The quantitative estimate of drug-likeness (QED) is 0.507. The van der Waals surface area contributed by atoms with Crippen molar-refractivity contribution in [2.24, 2.45) is 5.73 Å². The number of urea groups is 1. The van der Waals surface area contributed by atoms with Crippen LogP contribution < -0.4 is 16.4 Å². The van der Waals surface area contributed by atoms with E-state index in [1.807, 2.05) is 31.2 Å². The van der Waals surface area contributed by atoms with Crippen molar-refractivity contribution in [2.75, 3.05) is 10.6 Å². The van der Waals surface area contributed by atoms with Crippen LogP contribution in [0.25, 0.3) is 11.4 Å². The minimum atomic E-state index is -0.675. The normalized spacial score (nSPS) is 10.4. The molecule has 1 heterocycles. The lowest BCUT2D eigenvalue weighted by molar-refractivity contribution is -0.116. The topological polar surface area (TPSA) is 118 Å². The molecule has 0 unspecified atom stereocenters. The summed E-state index contributed by atoms with van der Waals surface area (Å²) in [6.45, 7) is 1.99. The number of aryl methyl sites for hydroxylation is 1. The number of nitrogens with zero attached hydrogens (tertiary/aromatic N) is 2. The molecule has 3 amide bonds. The van der Waals surface area contributed by atoms with Crippen molar-refractivity contribution >= 4 is 35.5 Å². The first kappa shape index (κ1) is 18.3. The van der Waals surface area contributed by atoms with Gasteiger partial charge in [0.1, 0.15) is 6.54 Å². The van der Waals surface area contributed by atoms with E-state index in [4.69, 9.17) is 18.0 Å². The van der Waals surface area contributed by atoms with E-state index in [0.717, 1.165) is 11.1 Å². The van der Waals surface area contributed by atoms with Gasteiger partial charge < -0.3 is 16.4 Å². The molecular weight excluding hydrogens is 364 g/mol. The lowest BCUT2D eigenvalue weighted by Gasteiger charge is -2.10. The molecule has 0 spiro atoms. The number of aromatic nitrogens is 3. The monoisotopic (exact) mass is 382 g/mol. The Morgan fingerprint density at radius 2 is 1.81 bits per heavy atom. The maximum Gasteiger partial charge on any atom is 0.316 e. The fourth-order valence-corrected chi connectivity index (χ4v) is 2.75. The number of nitrogens with one attached hydrogen (secondary N) is 3. The second kappa shape index (κ2) is 7.83. The van der Waals surface area contributed by atoms with Crippen LogP contribution in [0.4, 0.5) is 16.2 Å². The van der Waals surface area contributed by atoms with Crippen molar-refractivity contribution in [1.29, 1.82) is 0 Å². The summed E-state index contributed by atoms with van der Waals surface area (Å²) in [7, 11) is 0. The highest BCUT2D eigenvalue weighted by Gasteiger charge is 2.13. The lowest BCUT2D eigenvalue weighted by atomic mass is 10.1. The molecule has 0 aliphatic rings. The Kier molecular flexibility index (Phi) is 5.32. The van der Waals surface area contributed by atoms with E-state index in [0.29, 0.717) is 22.0 Å². The molecule has 5 N–H and O–H groups in total. The van der Waals surface area contributed by atoms with Crippen molar-refractivity contribution in [3.05, 3.63) is 58.9 Å². The van der Waals surface area contributed by atoms with Crippen LogP contribution in [0.2, 0.25) is 0 Å². The summed E-state index contributed by atoms with van der Waals surface area (Å²) in [5.74, 6) is 0.302. The number of hydrogen-bond donors (Lipinski definition) is 4. The molecule has 138 valence electrons. The van der Waals surface area contributed by atoms with Gasteiger partial charge in [-0.3, -0.25) is 14.5 Å². The summed E-state index contributed by atoms with van der Waals surface area (Å²) in [5, 5.41) is 12.2. The van der Waals surface area contributed by atoms with Crippen molar-refractivity contribution < 1.29 is 9.59 Å². The van der Waals surface area contributed by atoms with E-state index in [1.54, 1.807) is 28.8 Å². The molecule has 0 saturated heterocycles. The number of nitrogens with two attached hydrogens (primary N) is 1. The molecule has 0 bridgehead atoms. The first-order valence-electron chi connectivity index (χ1n) is 8.11. The summed E-state index contributed by atoms with van der Waals surface area (Å²) in [4.78, 5) is 23.4. The molecule has 0 aliphatic heterocycles. The van der Waals surface area contributed by atoms with Crippen LogP contribution in [0, 0.1) is 11.7 Å². The summed E-state index contributed by atoms with van der Waals surface area (Å²) >= 11 is 5.25. The molecule has 0 radical (unpaired) electrons. The zero-order valence-electron chi connectivity index (χ0n) is 14.5. The second-order valence-electron chi connectivity index (χ2n) is 5.92. The third-order valence-corrected chi connectivity index (χ3v) is 4.10. The first-order valence-corrected chi connectivity index (χ1v) is 8.52. The number of anilines is 2. The zero-order valence-corrected chi connectivity index (χ0v) is 15.3. The fraction of sp³-hybridized carbons (Fsp3) is 0.111. The number of rotatable bonds is 5. The van der Waals surface area contributed by atoms with Gasteiger partial charge in [0.15, 0.2) is 10.6 Å². The van der Waals surface area contributed by atoms with Crippen LogP contribution in [0.15, 0.2) is 48.5 Å². The van der Waals surface area contributed by atoms with E-state index in [9.17, 15) is 9.59 Å². The minimum Gasteiger partial charge on any atom is -0.351 e. The molecule has 1 aromatic heterocycles. The summed E-state index contributed by atoms with van der Waals surface area (Å²) in [6, 6.07) is 13.8. The standard InChI is InChI=1S/C18H18N6O2S/c1-11-5-7-12(8-6-11)16-22-23-18(27)24(16)10-15(25)20-13-3-2-4-14(9-13)21-17(19)26/h2-9H,10H2,1H3,(H,20,25)(H,23,27)(H3,19,21,26). The highest BCUT2D eigenvalue weighted by atomic mass is 32.1. The van der Waals surface area contributed by atoms with E-state index in [1.165, 1.54) is 0 Å². The average Bonchev–Trinajstić information content (AvgIpc) is 2.96. The lowest BCUT2D eigenvalue weighted by Crippen LogP contribution is -2.21. The molecule has 0 saturated carbocycles. The van der Waals surface area contributed by atoms with Crippen LogP contribution in [0.1, 0.15) is 5.56 Å². The average molecular weight is 382 g/mol. The van der Waals surface area contributed by atoms with Crippen LogP contribution in [-0.2, 0) is 11.3 Å². The van der Waals surface area contributed by atoms with Crippen LogP contribution in [0.5, 0.6) is 0 Å². The molecule has 0 atom stereocenters. The van der Waals surface area contributed by atoms with E-state index < -0.39 is 6.03 Å². The predicted octanol–water partition coefficient (Wildman–Crippen LogP) is 3.05. The first-order chi connectivity index (χ1) is 12.9. The van der Waals surface area contributed by atoms with Crippen molar-refractivity contribution in [3.63, 3.8) is 0 Å². The molecule has 0 fully saturated rings. The molecule has 0 aliphatic carbocycles. The number of hydrogen-bond acceptors (Lipinski definition) is 4. The highest BCUT2D eigenvalue weighted by Crippen LogP contribution is 2.19. The van der Waals surface area contributed by atoms with Crippen LogP contribution >= 0.6 is 12.2 Å². The van der Waals surface area contributed by atoms with Gasteiger partial charge in [-0.2, -0.15) is 5.10 Å². The highest BCUT2D eigenvalue weighted by molar-refractivity contribution is 7.71. The number of aromatic amines is 1. The van der Waals surface area contributed by atoms with E-state index in [2.05, 4.69) is 20.8 Å². The van der Waals surface area contributed by atoms with Crippen LogP contribution in [-0.4, -0.2) is 26.7 Å². The third kappa shape index (κ3) is 4.59. The molecule has 2 aromatic carbocycles. The number of carbonyl (C=O) groups is 2. The predicted molar refractivity (Wildman–Crippen MR) is 106 cm³/mol. The van der Waals surface area contributed by atoms with E-state index in [-0.39, 0.29) is 12.5 Å². The minimum absolute atomic E-state index is 0.00792. The molecular formula is C18H18N6O2S. The number of benzene rings is 2. The van der Waals surface area contributed by atoms with Gasteiger partial charge >= 0.3 is 6.03 Å². The molecule has 27 heavy (non-hydrogen) atoms. The van der Waals surface area contributed by atoms with E-state index >= 15 is 0 Å². The Bertz CT molecular complexity index is 1040. The maximum atomic E-state index is 12.5. The number of amides is 3. The second-order valence-corrected chi connectivity index (χ2v) is 6.31. The Balaban J connectivity index is 1.77.